The van der Waals surface area contributed by atoms with Crippen molar-refractivity contribution in [3.8, 4) is 0 Å². The Balaban J connectivity index is 1.48. The number of piperidine rings is 1. The van der Waals surface area contributed by atoms with Gasteiger partial charge >= 0.3 is 0 Å². The normalized spacial score (nSPS) is 26.2. The van der Waals surface area contributed by atoms with Gasteiger partial charge in [0.15, 0.2) is 0 Å². The van der Waals surface area contributed by atoms with Crippen molar-refractivity contribution in [2.24, 2.45) is 7.05 Å². The second-order valence-corrected chi connectivity index (χ2v) is 6.23. The van der Waals surface area contributed by atoms with E-state index in [0.29, 0.717) is 25.5 Å². The van der Waals surface area contributed by atoms with Gasteiger partial charge in [-0.3, -0.25) is 9.69 Å². The molecule has 7 nitrogen and oxygen atoms in total. The number of carbonyl (C=O) groups excluding carboxylic acids is 1. The van der Waals surface area contributed by atoms with E-state index in [4.69, 9.17) is 4.74 Å². The van der Waals surface area contributed by atoms with Crippen LogP contribution in [0.25, 0.3) is 0 Å². The fourth-order valence-corrected chi connectivity index (χ4v) is 3.33. The number of ether oxygens (including phenoxy) is 1. The molecular formula is C15H25N5O2. The highest BCUT2D eigenvalue weighted by atomic mass is 16.5. The van der Waals surface area contributed by atoms with Crippen LogP contribution in [0.2, 0.25) is 0 Å². The maximum Gasteiger partial charge on any atom is 0.220 e. The maximum absolute atomic E-state index is 12.2. The average molecular weight is 307 g/mol. The Labute approximate surface area is 131 Å². The minimum Gasteiger partial charge on any atom is -0.378 e. The van der Waals surface area contributed by atoms with Crippen LogP contribution >= 0.6 is 0 Å². The van der Waals surface area contributed by atoms with Crippen LogP contribution in [0.3, 0.4) is 0 Å². The van der Waals surface area contributed by atoms with E-state index in [1.807, 2.05) is 11.6 Å². The Kier molecular flexibility index (Phi) is 5.04. The molecule has 0 bridgehead atoms. The molecule has 2 aliphatic rings. The molecule has 0 saturated carbocycles. The van der Waals surface area contributed by atoms with Crippen molar-refractivity contribution in [1.82, 2.24) is 25.0 Å². The molecule has 2 aliphatic heterocycles. The molecule has 1 N–H and O–H groups in total. The molecule has 22 heavy (non-hydrogen) atoms. The minimum absolute atomic E-state index is 0.0699. The van der Waals surface area contributed by atoms with Gasteiger partial charge in [0, 0.05) is 19.9 Å². The molecule has 0 unspecified atom stereocenters. The predicted octanol–water partition coefficient (Wildman–Crippen LogP) is 0.117. The van der Waals surface area contributed by atoms with Crippen LogP contribution < -0.4 is 5.32 Å². The van der Waals surface area contributed by atoms with E-state index < -0.39 is 0 Å². The number of amides is 1. The van der Waals surface area contributed by atoms with Gasteiger partial charge in [0.1, 0.15) is 12.2 Å². The zero-order chi connectivity index (χ0) is 15.4. The molecule has 3 rings (SSSR count). The number of hydrogen-bond donors (Lipinski definition) is 1. The molecule has 1 aromatic rings. The van der Waals surface area contributed by atoms with Gasteiger partial charge in [0.05, 0.1) is 25.3 Å². The van der Waals surface area contributed by atoms with Gasteiger partial charge in [0.25, 0.3) is 0 Å². The Hall–Kier alpha value is -1.47. The second kappa shape index (κ2) is 7.19. The molecule has 0 aliphatic carbocycles. The number of nitrogens with one attached hydrogen (secondary N) is 1. The molecule has 3 heterocycles. The van der Waals surface area contributed by atoms with E-state index in [-0.39, 0.29) is 11.9 Å². The van der Waals surface area contributed by atoms with E-state index in [2.05, 4.69) is 20.4 Å². The third kappa shape index (κ3) is 3.64. The van der Waals surface area contributed by atoms with Crippen molar-refractivity contribution < 1.29 is 9.53 Å². The molecule has 0 radical (unpaired) electrons. The Morgan fingerprint density at radius 1 is 1.36 bits per heavy atom. The lowest BCUT2D eigenvalue weighted by atomic mass is 10.0. The summed E-state index contributed by atoms with van der Waals surface area (Å²) in [5.41, 5.74) is 0. The molecule has 1 aromatic heterocycles. The van der Waals surface area contributed by atoms with Gasteiger partial charge in [-0.2, -0.15) is 0 Å². The predicted molar refractivity (Wildman–Crippen MR) is 81.3 cm³/mol. The number of aryl methyl sites for hydroxylation is 2. The SMILES string of the molecule is Cn1cnnc1CCC(=O)N[C@H]1COC[C@@H]1N1CCCCC1. The van der Waals surface area contributed by atoms with Gasteiger partial charge in [-0.05, 0) is 25.9 Å². The number of nitrogens with zero attached hydrogens (tertiary/aromatic N) is 4. The van der Waals surface area contributed by atoms with E-state index >= 15 is 0 Å². The lowest BCUT2D eigenvalue weighted by Crippen LogP contribution is -2.52. The van der Waals surface area contributed by atoms with Crippen LogP contribution in [0.1, 0.15) is 31.5 Å². The van der Waals surface area contributed by atoms with E-state index in [1.54, 1.807) is 6.33 Å². The summed E-state index contributed by atoms with van der Waals surface area (Å²) in [7, 11) is 1.89. The average Bonchev–Trinajstić information content (AvgIpc) is 3.15. The maximum atomic E-state index is 12.2. The Morgan fingerprint density at radius 2 is 2.18 bits per heavy atom. The summed E-state index contributed by atoms with van der Waals surface area (Å²) in [5.74, 6) is 0.908. The summed E-state index contributed by atoms with van der Waals surface area (Å²) in [6, 6.07) is 0.448. The summed E-state index contributed by atoms with van der Waals surface area (Å²) in [5, 5.41) is 11.0. The quantitative estimate of drug-likeness (QED) is 0.836. The molecule has 122 valence electrons. The summed E-state index contributed by atoms with van der Waals surface area (Å²) in [4.78, 5) is 14.7. The first-order chi connectivity index (χ1) is 10.7. The first-order valence-corrected chi connectivity index (χ1v) is 8.18. The topological polar surface area (TPSA) is 72.3 Å². The molecule has 0 spiro atoms. The number of likely N-dealkylation sites (tertiary alicyclic amines) is 1. The number of hydrogen-bond acceptors (Lipinski definition) is 5. The minimum atomic E-state index is 0.0699. The lowest BCUT2D eigenvalue weighted by Gasteiger charge is -2.34. The van der Waals surface area contributed by atoms with Crippen molar-refractivity contribution in [3.05, 3.63) is 12.2 Å². The van der Waals surface area contributed by atoms with E-state index in [1.165, 1.54) is 19.3 Å². The highest BCUT2D eigenvalue weighted by Crippen LogP contribution is 2.19. The van der Waals surface area contributed by atoms with Crippen molar-refractivity contribution in [2.45, 2.75) is 44.2 Å². The number of carbonyl (C=O) groups is 1. The van der Waals surface area contributed by atoms with Crippen LogP contribution in [0, 0.1) is 0 Å². The zero-order valence-electron chi connectivity index (χ0n) is 13.2. The van der Waals surface area contributed by atoms with E-state index in [9.17, 15) is 4.79 Å². The molecule has 2 atom stereocenters. The monoisotopic (exact) mass is 307 g/mol. The molecule has 2 saturated heterocycles. The second-order valence-electron chi connectivity index (χ2n) is 6.23. The lowest BCUT2D eigenvalue weighted by molar-refractivity contribution is -0.122. The van der Waals surface area contributed by atoms with Crippen molar-refractivity contribution in [1.29, 1.82) is 0 Å². The third-order valence-electron chi connectivity index (χ3n) is 4.64. The smallest absolute Gasteiger partial charge is 0.220 e. The molecular weight excluding hydrogens is 282 g/mol. The first-order valence-electron chi connectivity index (χ1n) is 8.18. The molecule has 0 aromatic carbocycles. The van der Waals surface area contributed by atoms with Crippen molar-refractivity contribution in [3.63, 3.8) is 0 Å². The summed E-state index contributed by atoms with van der Waals surface area (Å²) < 4.78 is 7.46. The van der Waals surface area contributed by atoms with Crippen LogP contribution in [0.15, 0.2) is 6.33 Å². The standard InChI is InChI=1S/C15H25N5O2/c1-19-11-16-18-14(19)5-6-15(21)17-12-9-22-10-13(12)20-7-3-2-4-8-20/h11-13H,2-10H2,1H3,(H,17,21)/t12-,13-/m0/s1. The van der Waals surface area contributed by atoms with Crippen LogP contribution in [-0.2, 0) is 23.0 Å². The van der Waals surface area contributed by atoms with Gasteiger partial charge in [-0.25, -0.2) is 0 Å². The highest BCUT2D eigenvalue weighted by Gasteiger charge is 2.34. The van der Waals surface area contributed by atoms with Crippen molar-refractivity contribution in [2.75, 3.05) is 26.3 Å². The summed E-state index contributed by atoms with van der Waals surface area (Å²) in [6.07, 6.45) is 6.54. The fraction of sp³-hybridized carbons (Fsp3) is 0.800. The van der Waals surface area contributed by atoms with Gasteiger partial charge in [0.2, 0.25) is 5.91 Å². The van der Waals surface area contributed by atoms with Gasteiger partial charge in [-0.15, -0.1) is 10.2 Å². The van der Waals surface area contributed by atoms with Crippen molar-refractivity contribution >= 4 is 5.91 Å². The summed E-state index contributed by atoms with van der Waals surface area (Å²) >= 11 is 0. The first kappa shape index (κ1) is 15.4. The number of aromatic nitrogens is 3. The third-order valence-corrected chi connectivity index (χ3v) is 4.64. The summed E-state index contributed by atoms with van der Waals surface area (Å²) in [6.45, 7) is 3.60. The largest absolute Gasteiger partial charge is 0.378 e. The fourth-order valence-electron chi connectivity index (χ4n) is 3.33. The zero-order valence-corrected chi connectivity index (χ0v) is 13.2. The molecule has 7 heteroatoms. The molecule has 1 amide bonds. The van der Waals surface area contributed by atoms with Crippen LogP contribution in [0.4, 0.5) is 0 Å². The Morgan fingerprint density at radius 3 is 2.91 bits per heavy atom. The molecule has 2 fully saturated rings. The van der Waals surface area contributed by atoms with Gasteiger partial charge in [-0.1, -0.05) is 6.42 Å². The number of rotatable bonds is 5. The Bertz CT molecular complexity index is 498. The van der Waals surface area contributed by atoms with E-state index in [0.717, 1.165) is 25.5 Å². The van der Waals surface area contributed by atoms with Gasteiger partial charge < -0.3 is 14.6 Å². The highest BCUT2D eigenvalue weighted by molar-refractivity contribution is 5.76. The van der Waals surface area contributed by atoms with Crippen LogP contribution in [0.5, 0.6) is 0 Å². The van der Waals surface area contributed by atoms with Crippen LogP contribution in [-0.4, -0.2) is 64.0 Å².